The van der Waals surface area contributed by atoms with E-state index in [0.29, 0.717) is 5.75 Å². The Morgan fingerprint density at radius 1 is 0.794 bits per heavy atom. The molecule has 3 amide bonds. The summed E-state index contributed by atoms with van der Waals surface area (Å²) >= 11 is 1.37. The molecule has 5 atom stereocenters. The van der Waals surface area contributed by atoms with E-state index in [0.717, 1.165) is 0 Å². The zero-order valence-corrected chi connectivity index (χ0v) is 19.7. The fourth-order valence-electron chi connectivity index (χ4n) is 2.64. The second kappa shape index (κ2) is 15.8. The molecule has 0 fully saturated rings. The van der Waals surface area contributed by atoms with Gasteiger partial charge in [-0.05, 0) is 38.2 Å². The largest absolute Gasteiger partial charge is 0.481 e. The van der Waals surface area contributed by atoms with Crippen molar-refractivity contribution in [3.8, 4) is 0 Å². The molecule has 34 heavy (non-hydrogen) atoms. The molecule has 0 radical (unpaired) electrons. The number of aliphatic hydroxyl groups is 1. The summed E-state index contributed by atoms with van der Waals surface area (Å²) in [6, 6.07) is -5.54. The number of amides is 3. The number of hydrogen-bond donors (Lipinski definition) is 8. The van der Waals surface area contributed by atoms with E-state index in [9.17, 15) is 39.0 Å². The molecule has 0 rings (SSSR count). The molecule has 0 aromatic carbocycles. The second-order valence-corrected chi connectivity index (χ2v) is 8.43. The first kappa shape index (κ1) is 31.1. The van der Waals surface area contributed by atoms with Gasteiger partial charge in [-0.25, -0.2) is 4.79 Å². The van der Waals surface area contributed by atoms with Crippen LogP contribution in [0.1, 0.15) is 39.0 Å². The van der Waals surface area contributed by atoms with Crippen molar-refractivity contribution in [1.29, 1.82) is 0 Å². The van der Waals surface area contributed by atoms with Gasteiger partial charge in [-0.3, -0.25) is 24.0 Å². The number of carboxylic acids is 3. The molecule has 0 aliphatic heterocycles. The Morgan fingerprint density at radius 2 is 1.32 bits per heavy atom. The van der Waals surface area contributed by atoms with E-state index in [4.69, 9.17) is 15.9 Å². The number of thioether (sulfide) groups is 1. The summed E-state index contributed by atoms with van der Waals surface area (Å²) in [6.45, 7) is 1.18. The van der Waals surface area contributed by atoms with Crippen LogP contribution in [0, 0.1) is 0 Å². The second-order valence-electron chi connectivity index (χ2n) is 7.44. The Kier molecular flexibility index (Phi) is 14.5. The number of aliphatic hydroxyl groups excluding tert-OH is 1. The zero-order chi connectivity index (χ0) is 26.4. The van der Waals surface area contributed by atoms with Gasteiger partial charge in [0, 0.05) is 12.8 Å². The molecule has 0 saturated heterocycles. The first-order valence-electron chi connectivity index (χ1n) is 10.3. The van der Waals surface area contributed by atoms with Crippen LogP contribution in [0.5, 0.6) is 0 Å². The third kappa shape index (κ3) is 12.4. The van der Waals surface area contributed by atoms with Gasteiger partial charge in [0.05, 0.1) is 12.1 Å². The predicted molar refractivity (Wildman–Crippen MR) is 120 cm³/mol. The van der Waals surface area contributed by atoms with Crippen LogP contribution in [0.15, 0.2) is 0 Å². The van der Waals surface area contributed by atoms with Crippen LogP contribution < -0.4 is 21.7 Å². The smallest absolute Gasteiger partial charge is 0.326 e. The molecule has 15 heteroatoms. The fourth-order valence-corrected chi connectivity index (χ4v) is 3.11. The quantitative estimate of drug-likeness (QED) is 0.103. The third-order valence-corrected chi connectivity index (χ3v) is 5.22. The van der Waals surface area contributed by atoms with Gasteiger partial charge in [0.25, 0.3) is 0 Å². The highest BCUT2D eigenvalue weighted by atomic mass is 32.2. The molecule has 0 spiro atoms. The Hall–Kier alpha value is -2.91. The Morgan fingerprint density at radius 3 is 1.79 bits per heavy atom. The zero-order valence-electron chi connectivity index (χ0n) is 18.9. The summed E-state index contributed by atoms with van der Waals surface area (Å²) in [6.07, 6.45) is -1.06. The molecule has 194 valence electrons. The van der Waals surface area contributed by atoms with Crippen LogP contribution in [0.3, 0.4) is 0 Å². The molecule has 0 aromatic rings. The lowest BCUT2D eigenvalue weighted by atomic mass is 10.1. The lowest BCUT2D eigenvalue weighted by molar-refractivity contribution is -0.144. The number of aliphatic carboxylic acids is 3. The van der Waals surface area contributed by atoms with E-state index < -0.39 is 78.7 Å². The number of carbonyl (C=O) groups is 6. The number of hydrogen-bond acceptors (Lipinski definition) is 9. The third-order valence-electron chi connectivity index (χ3n) is 4.57. The molecule has 14 nitrogen and oxygen atoms in total. The van der Waals surface area contributed by atoms with Crippen LogP contribution in [0.25, 0.3) is 0 Å². The summed E-state index contributed by atoms with van der Waals surface area (Å²) in [5.41, 5.74) is 5.66. The van der Waals surface area contributed by atoms with Gasteiger partial charge in [-0.2, -0.15) is 11.8 Å². The number of nitrogens with two attached hydrogens (primary N) is 1. The molecule has 0 aliphatic carbocycles. The van der Waals surface area contributed by atoms with Gasteiger partial charge >= 0.3 is 17.9 Å². The number of rotatable bonds is 17. The van der Waals surface area contributed by atoms with Gasteiger partial charge in [-0.15, -0.1) is 0 Å². The van der Waals surface area contributed by atoms with Crippen molar-refractivity contribution in [2.45, 2.75) is 69.3 Å². The Bertz CT molecular complexity index is 749. The van der Waals surface area contributed by atoms with E-state index in [1.54, 1.807) is 6.26 Å². The topological polar surface area (TPSA) is 245 Å². The minimum absolute atomic E-state index is 0.120. The maximum atomic E-state index is 12.8. The van der Waals surface area contributed by atoms with Crippen LogP contribution >= 0.6 is 11.8 Å². The lowest BCUT2D eigenvalue weighted by Crippen LogP contribution is -2.60. The van der Waals surface area contributed by atoms with Crippen molar-refractivity contribution in [3.63, 3.8) is 0 Å². The molecular weight excluding hydrogens is 476 g/mol. The number of carbonyl (C=O) groups excluding carboxylic acids is 3. The van der Waals surface area contributed by atoms with Gasteiger partial charge in [0.1, 0.15) is 18.1 Å². The van der Waals surface area contributed by atoms with Crippen molar-refractivity contribution in [2.24, 2.45) is 5.73 Å². The first-order chi connectivity index (χ1) is 15.8. The standard InChI is InChI=1S/C19H32N4O10S/c1-9(24)15(18(31)22-12(19(32)33)4-6-14(27)28)23-17(30)11(7-8-34-2)21-16(29)10(20)3-5-13(25)26/h9-12,15,24H,3-8,20H2,1-2H3,(H,21,29)(H,22,31)(H,23,30)(H,25,26)(H,27,28)(H,32,33). The van der Waals surface area contributed by atoms with E-state index in [1.807, 2.05) is 0 Å². The van der Waals surface area contributed by atoms with Gasteiger partial charge in [0.15, 0.2) is 0 Å². The average molecular weight is 509 g/mol. The summed E-state index contributed by atoms with van der Waals surface area (Å²) in [4.78, 5) is 70.2. The van der Waals surface area contributed by atoms with Crippen molar-refractivity contribution in [2.75, 3.05) is 12.0 Å². The highest BCUT2D eigenvalue weighted by Gasteiger charge is 2.32. The number of nitrogens with one attached hydrogen (secondary N) is 3. The van der Waals surface area contributed by atoms with Gasteiger partial charge in [-0.1, -0.05) is 0 Å². The van der Waals surface area contributed by atoms with Crippen LogP contribution in [0.2, 0.25) is 0 Å². The minimum atomic E-state index is -1.60. The summed E-state index contributed by atoms with van der Waals surface area (Å²) < 4.78 is 0. The summed E-state index contributed by atoms with van der Waals surface area (Å²) in [5, 5.41) is 43.3. The van der Waals surface area contributed by atoms with Crippen molar-refractivity contribution in [1.82, 2.24) is 16.0 Å². The molecule has 0 saturated carbocycles. The van der Waals surface area contributed by atoms with E-state index >= 15 is 0 Å². The van der Waals surface area contributed by atoms with Crippen molar-refractivity contribution in [3.05, 3.63) is 0 Å². The molecule has 0 bridgehead atoms. The molecule has 0 aliphatic rings. The van der Waals surface area contributed by atoms with Crippen LogP contribution in [-0.4, -0.2) is 98.3 Å². The van der Waals surface area contributed by atoms with E-state index in [2.05, 4.69) is 16.0 Å². The maximum Gasteiger partial charge on any atom is 0.326 e. The fraction of sp³-hybridized carbons (Fsp3) is 0.684. The van der Waals surface area contributed by atoms with Crippen LogP contribution in [0.4, 0.5) is 0 Å². The SMILES string of the molecule is CSCCC(NC(=O)C(N)CCC(=O)O)C(=O)NC(C(=O)NC(CCC(=O)O)C(=O)O)C(C)O. The Balaban J connectivity index is 5.36. The lowest BCUT2D eigenvalue weighted by Gasteiger charge is -2.26. The molecule has 0 heterocycles. The van der Waals surface area contributed by atoms with Crippen molar-refractivity contribution >= 4 is 47.4 Å². The van der Waals surface area contributed by atoms with E-state index in [-0.39, 0.29) is 19.3 Å². The number of carboxylic acid groups (broad SMARTS) is 3. The molecular formula is C19H32N4O10S. The molecule has 9 N–H and O–H groups in total. The minimum Gasteiger partial charge on any atom is -0.481 e. The Labute approximate surface area is 200 Å². The van der Waals surface area contributed by atoms with E-state index in [1.165, 1.54) is 18.7 Å². The molecule has 0 aromatic heterocycles. The first-order valence-corrected chi connectivity index (χ1v) is 11.7. The normalized spacial score (nSPS) is 15.2. The molecule has 5 unspecified atom stereocenters. The summed E-state index contributed by atoms with van der Waals surface area (Å²) in [7, 11) is 0. The predicted octanol–water partition coefficient (Wildman–Crippen LogP) is -2.28. The average Bonchev–Trinajstić information content (AvgIpc) is 2.74. The summed E-state index contributed by atoms with van der Waals surface area (Å²) in [5.74, 6) is -6.18. The maximum absolute atomic E-state index is 12.8. The van der Waals surface area contributed by atoms with Gasteiger partial charge < -0.3 is 42.1 Å². The highest BCUT2D eigenvalue weighted by molar-refractivity contribution is 7.98. The van der Waals surface area contributed by atoms with Crippen LogP contribution in [-0.2, 0) is 28.8 Å². The monoisotopic (exact) mass is 508 g/mol. The highest BCUT2D eigenvalue weighted by Crippen LogP contribution is 2.06. The van der Waals surface area contributed by atoms with Crippen molar-refractivity contribution < 1.29 is 49.2 Å². The van der Waals surface area contributed by atoms with Gasteiger partial charge in [0.2, 0.25) is 17.7 Å².